The first-order valence-corrected chi connectivity index (χ1v) is 8.09. The maximum Gasteiger partial charge on any atom is 0.254 e. The van der Waals surface area contributed by atoms with Gasteiger partial charge in [0.2, 0.25) is 0 Å². The van der Waals surface area contributed by atoms with Gasteiger partial charge in [0.1, 0.15) is 5.76 Å². The molecule has 0 radical (unpaired) electrons. The van der Waals surface area contributed by atoms with E-state index in [0.29, 0.717) is 25.1 Å². The number of aromatic nitrogens is 1. The van der Waals surface area contributed by atoms with Crippen molar-refractivity contribution in [1.82, 2.24) is 10.1 Å². The fourth-order valence-electron chi connectivity index (χ4n) is 3.22. The van der Waals surface area contributed by atoms with Crippen LogP contribution in [0.25, 0.3) is 0 Å². The van der Waals surface area contributed by atoms with E-state index in [2.05, 4.69) is 5.16 Å². The van der Waals surface area contributed by atoms with Gasteiger partial charge in [-0.25, -0.2) is 4.39 Å². The smallest absolute Gasteiger partial charge is 0.254 e. The van der Waals surface area contributed by atoms with E-state index in [-0.39, 0.29) is 23.7 Å². The molecular formula is C18H21FN2O4. The van der Waals surface area contributed by atoms with Crippen LogP contribution < -0.4 is 4.74 Å². The highest BCUT2D eigenvalue weighted by molar-refractivity contribution is 5.94. The Morgan fingerprint density at radius 3 is 2.80 bits per heavy atom. The second-order valence-electron chi connectivity index (χ2n) is 6.23. The Labute approximate surface area is 145 Å². The van der Waals surface area contributed by atoms with Crippen molar-refractivity contribution in [2.75, 3.05) is 27.3 Å². The highest BCUT2D eigenvalue weighted by atomic mass is 19.1. The van der Waals surface area contributed by atoms with Gasteiger partial charge in [0, 0.05) is 44.2 Å². The average Bonchev–Trinajstić information content (AvgIpc) is 3.21. The lowest BCUT2D eigenvalue weighted by Crippen LogP contribution is -2.30. The van der Waals surface area contributed by atoms with Crippen LogP contribution >= 0.6 is 0 Å². The maximum absolute atomic E-state index is 13.5. The molecule has 1 aliphatic heterocycles. The molecule has 0 spiro atoms. The van der Waals surface area contributed by atoms with E-state index in [4.69, 9.17) is 14.0 Å². The minimum absolute atomic E-state index is 0.0574. The molecule has 1 aromatic heterocycles. The number of nitrogens with zero attached hydrogens (tertiary/aromatic N) is 2. The second-order valence-corrected chi connectivity index (χ2v) is 6.23. The Bertz CT molecular complexity index is 761. The van der Waals surface area contributed by atoms with Crippen LogP contribution in [-0.2, 0) is 11.2 Å². The summed E-state index contributed by atoms with van der Waals surface area (Å²) in [5.74, 6) is 0.290. The van der Waals surface area contributed by atoms with Crippen molar-refractivity contribution in [3.05, 3.63) is 47.1 Å². The third kappa shape index (κ3) is 3.66. The number of rotatable bonds is 5. The lowest BCUT2D eigenvalue weighted by molar-refractivity contribution is 0.0672. The zero-order chi connectivity index (χ0) is 18.0. The molecule has 0 N–H and O–H groups in total. The Balaban J connectivity index is 1.73. The number of aryl methyl sites for hydroxylation is 1. The lowest BCUT2D eigenvalue weighted by atomic mass is 10.0. The summed E-state index contributed by atoms with van der Waals surface area (Å²) in [5.41, 5.74) is 1.22. The standard InChI is InChI=1S/C18H21FN2O4/c1-11-6-14(25-20-11)7-13-9-21(10-17(13)24-3)18(22)12-4-5-15(19)16(8-12)23-2/h4-6,8,13,17H,7,9-10H2,1-3H3/t13-,17+/m1/s1. The van der Waals surface area contributed by atoms with Gasteiger partial charge in [0.25, 0.3) is 5.91 Å². The molecule has 1 aromatic carbocycles. The Morgan fingerprint density at radius 2 is 2.16 bits per heavy atom. The Kier molecular flexibility index (Phi) is 5.03. The minimum atomic E-state index is -0.492. The zero-order valence-corrected chi connectivity index (χ0v) is 14.5. The van der Waals surface area contributed by atoms with Crippen LogP contribution in [0.1, 0.15) is 21.8 Å². The van der Waals surface area contributed by atoms with Crippen molar-refractivity contribution < 1.29 is 23.2 Å². The second kappa shape index (κ2) is 7.23. The molecule has 3 rings (SSSR count). The van der Waals surface area contributed by atoms with Crippen LogP contribution in [-0.4, -0.2) is 49.4 Å². The summed E-state index contributed by atoms with van der Waals surface area (Å²) in [7, 11) is 3.01. The van der Waals surface area contributed by atoms with Crippen LogP contribution in [0.15, 0.2) is 28.8 Å². The molecule has 0 saturated carbocycles. The Morgan fingerprint density at radius 1 is 1.36 bits per heavy atom. The summed E-state index contributed by atoms with van der Waals surface area (Å²) < 4.78 is 29.3. The fourth-order valence-corrected chi connectivity index (χ4v) is 3.22. The average molecular weight is 348 g/mol. The number of halogens is 1. The number of carbonyl (C=O) groups excluding carboxylic acids is 1. The van der Waals surface area contributed by atoms with E-state index in [9.17, 15) is 9.18 Å². The topological polar surface area (TPSA) is 64.8 Å². The highest BCUT2D eigenvalue weighted by Crippen LogP contribution is 2.26. The molecule has 1 fully saturated rings. The van der Waals surface area contributed by atoms with E-state index in [1.807, 2.05) is 13.0 Å². The van der Waals surface area contributed by atoms with Gasteiger partial charge in [-0.05, 0) is 25.1 Å². The van der Waals surface area contributed by atoms with Gasteiger partial charge in [-0.1, -0.05) is 5.16 Å². The lowest BCUT2D eigenvalue weighted by Gasteiger charge is -2.16. The normalized spacial score (nSPS) is 20.1. The van der Waals surface area contributed by atoms with E-state index >= 15 is 0 Å². The van der Waals surface area contributed by atoms with Crippen LogP contribution in [0, 0.1) is 18.7 Å². The molecule has 2 aromatic rings. The third-order valence-electron chi connectivity index (χ3n) is 4.51. The van der Waals surface area contributed by atoms with Crippen molar-refractivity contribution >= 4 is 5.91 Å². The number of carbonyl (C=O) groups is 1. The number of methoxy groups -OCH3 is 2. The van der Waals surface area contributed by atoms with Gasteiger partial charge in [0.15, 0.2) is 11.6 Å². The van der Waals surface area contributed by atoms with Crippen molar-refractivity contribution in [2.24, 2.45) is 5.92 Å². The first-order chi connectivity index (χ1) is 12.0. The van der Waals surface area contributed by atoms with Gasteiger partial charge < -0.3 is 18.9 Å². The molecule has 1 amide bonds. The van der Waals surface area contributed by atoms with Crippen LogP contribution in [0.3, 0.4) is 0 Å². The van der Waals surface area contributed by atoms with Crippen molar-refractivity contribution in [2.45, 2.75) is 19.4 Å². The van der Waals surface area contributed by atoms with Crippen molar-refractivity contribution in [3.63, 3.8) is 0 Å². The monoisotopic (exact) mass is 348 g/mol. The van der Waals surface area contributed by atoms with Gasteiger partial charge in [-0.3, -0.25) is 4.79 Å². The molecule has 134 valence electrons. The fraction of sp³-hybridized carbons (Fsp3) is 0.444. The largest absolute Gasteiger partial charge is 0.494 e. The molecule has 0 unspecified atom stereocenters. The van der Waals surface area contributed by atoms with Gasteiger partial charge in [-0.15, -0.1) is 0 Å². The first kappa shape index (κ1) is 17.4. The first-order valence-electron chi connectivity index (χ1n) is 8.09. The summed E-state index contributed by atoms with van der Waals surface area (Å²) in [6, 6.07) is 6.02. The summed E-state index contributed by atoms with van der Waals surface area (Å²) in [6.07, 6.45) is 0.562. The number of likely N-dealkylation sites (tertiary alicyclic amines) is 1. The number of hydrogen-bond acceptors (Lipinski definition) is 5. The SMILES string of the molecule is COc1cc(C(=O)N2C[C@@H](Cc3cc(C)no3)[C@@H](OC)C2)ccc1F. The van der Waals surface area contributed by atoms with Crippen LogP contribution in [0.5, 0.6) is 5.75 Å². The molecule has 0 bridgehead atoms. The molecule has 6 nitrogen and oxygen atoms in total. The van der Waals surface area contributed by atoms with E-state index in [1.54, 1.807) is 12.0 Å². The van der Waals surface area contributed by atoms with Crippen LogP contribution in [0.4, 0.5) is 4.39 Å². The Hall–Kier alpha value is -2.41. The minimum Gasteiger partial charge on any atom is -0.494 e. The predicted molar refractivity (Wildman–Crippen MR) is 88.1 cm³/mol. The summed E-state index contributed by atoms with van der Waals surface area (Å²) in [5, 5.41) is 3.89. The number of amides is 1. The molecule has 2 heterocycles. The number of hydrogen-bond donors (Lipinski definition) is 0. The molecule has 2 atom stereocenters. The van der Waals surface area contributed by atoms with Gasteiger partial charge in [-0.2, -0.15) is 0 Å². The zero-order valence-electron chi connectivity index (χ0n) is 14.5. The third-order valence-corrected chi connectivity index (χ3v) is 4.51. The molecule has 25 heavy (non-hydrogen) atoms. The quantitative estimate of drug-likeness (QED) is 0.830. The van der Waals surface area contributed by atoms with Crippen molar-refractivity contribution in [1.29, 1.82) is 0 Å². The molecule has 1 aliphatic rings. The number of benzene rings is 1. The van der Waals surface area contributed by atoms with E-state index in [1.165, 1.54) is 25.3 Å². The molecule has 1 saturated heterocycles. The summed E-state index contributed by atoms with van der Waals surface area (Å²) >= 11 is 0. The van der Waals surface area contributed by atoms with Crippen molar-refractivity contribution in [3.8, 4) is 5.75 Å². The molecule has 7 heteroatoms. The number of ether oxygens (including phenoxy) is 2. The summed E-state index contributed by atoms with van der Waals surface area (Å²) in [4.78, 5) is 14.5. The maximum atomic E-state index is 13.5. The van der Waals surface area contributed by atoms with Crippen LogP contribution in [0.2, 0.25) is 0 Å². The predicted octanol–water partition coefficient (Wildman–Crippen LogP) is 2.46. The molecule has 0 aliphatic carbocycles. The van der Waals surface area contributed by atoms with E-state index in [0.717, 1.165) is 11.5 Å². The van der Waals surface area contributed by atoms with E-state index < -0.39 is 5.82 Å². The summed E-state index contributed by atoms with van der Waals surface area (Å²) in [6.45, 7) is 2.89. The van der Waals surface area contributed by atoms with Gasteiger partial charge >= 0.3 is 0 Å². The molecular weight excluding hydrogens is 327 g/mol. The highest BCUT2D eigenvalue weighted by Gasteiger charge is 2.36. The van der Waals surface area contributed by atoms with Gasteiger partial charge in [0.05, 0.1) is 18.9 Å².